The minimum absolute atomic E-state index is 0.205. The zero-order valence-electron chi connectivity index (χ0n) is 16.2. The molecule has 150 valence electrons. The topological polar surface area (TPSA) is 135 Å². The molecule has 1 aromatic carbocycles. The number of nitrogens with zero attached hydrogens (tertiary/aromatic N) is 2. The molecule has 9 heteroatoms. The maximum atomic E-state index is 12.6. The average molecular weight is 394 g/mol. The Bertz CT molecular complexity index is 1070. The van der Waals surface area contributed by atoms with Crippen LogP contribution >= 0.6 is 0 Å². The van der Waals surface area contributed by atoms with E-state index in [1.54, 1.807) is 30.5 Å². The summed E-state index contributed by atoms with van der Waals surface area (Å²) in [5.74, 6) is 0.0155. The van der Waals surface area contributed by atoms with Gasteiger partial charge in [0, 0.05) is 30.0 Å². The van der Waals surface area contributed by atoms with E-state index < -0.39 is 5.54 Å². The van der Waals surface area contributed by atoms with Gasteiger partial charge in [-0.3, -0.25) is 9.59 Å². The van der Waals surface area contributed by atoms with Crippen molar-refractivity contribution >= 4 is 28.7 Å². The first-order valence-corrected chi connectivity index (χ1v) is 8.89. The SMILES string of the molecule is C=CC(=O)Nc1cccc(Oc2cnc3[nH]cc(C(=O)NC(C)(C)CN)c3n2)c1. The van der Waals surface area contributed by atoms with Crippen LogP contribution in [0.15, 0.2) is 49.3 Å². The Hall–Kier alpha value is -3.72. The Morgan fingerprint density at radius 3 is 2.90 bits per heavy atom. The van der Waals surface area contributed by atoms with Gasteiger partial charge >= 0.3 is 0 Å². The number of hydrogen-bond acceptors (Lipinski definition) is 6. The van der Waals surface area contributed by atoms with E-state index in [0.29, 0.717) is 34.7 Å². The van der Waals surface area contributed by atoms with Crippen LogP contribution in [0.3, 0.4) is 0 Å². The number of carbonyl (C=O) groups excluding carboxylic acids is 2. The van der Waals surface area contributed by atoms with Crippen molar-refractivity contribution in [2.75, 3.05) is 11.9 Å². The van der Waals surface area contributed by atoms with Crippen molar-refractivity contribution < 1.29 is 14.3 Å². The third kappa shape index (κ3) is 4.77. The lowest BCUT2D eigenvalue weighted by Crippen LogP contribution is -2.48. The highest BCUT2D eigenvalue weighted by atomic mass is 16.5. The summed E-state index contributed by atoms with van der Waals surface area (Å²) in [5.41, 5.74) is 6.85. The fraction of sp³-hybridized carbons (Fsp3) is 0.200. The minimum atomic E-state index is -0.557. The number of hydrogen-bond donors (Lipinski definition) is 4. The van der Waals surface area contributed by atoms with Crippen LogP contribution in [0, 0.1) is 0 Å². The molecule has 0 radical (unpaired) electrons. The molecular weight excluding hydrogens is 372 g/mol. The second kappa shape index (κ2) is 8.11. The van der Waals surface area contributed by atoms with Gasteiger partial charge in [-0.25, -0.2) is 9.97 Å². The molecule has 0 spiro atoms. The molecule has 0 aliphatic heterocycles. The maximum absolute atomic E-state index is 12.6. The van der Waals surface area contributed by atoms with Crippen molar-refractivity contribution in [2.24, 2.45) is 5.73 Å². The number of amides is 2. The van der Waals surface area contributed by atoms with E-state index in [-0.39, 0.29) is 17.7 Å². The summed E-state index contributed by atoms with van der Waals surface area (Å²) in [5, 5.41) is 5.51. The van der Waals surface area contributed by atoms with Gasteiger partial charge in [-0.1, -0.05) is 12.6 Å². The van der Waals surface area contributed by atoms with Gasteiger partial charge in [0.25, 0.3) is 5.91 Å². The zero-order chi connectivity index (χ0) is 21.0. The van der Waals surface area contributed by atoms with Crippen molar-refractivity contribution in [2.45, 2.75) is 19.4 Å². The quantitative estimate of drug-likeness (QED) is 0.454. The van der Waals surface area contributed by atoms with Gasteiger partial charge in [-0.05, 0) is 32.1 Å². The number of aromatic nitrogens is 3. The van der Waals surface area contributed by atoms with E-state index in [2.05, 4.69) is 32.2 Å². The molecule has 29 heavy (non-hydrogen) atoms. The van der Waals surface area contributed by atoms with Crippen LogP contribution in [-0.2, 0) is 4.79 Å². The molecule has 3 rings (SSSR count). The first-order valence-electron chi connectivity index (χ1n) is 8.89. The van der Waals surface area contributed by atoms with Crippen molar-refractivity contribution in [1.82, 2.24) is 20.3 Å². The highest BCUT2D eigenvalue weighted by molar-refractivity contribution is 6.04. The van der Waals surface area contributed by atoms with Crippen molar-refractivity contribution in [3.63, 3.8) is 0 Å². The first kappa shape index (κ1) is 20.0. The van der Waals surface area contributed by atoms with E-state index in [1.165, 1.54) is 12.3 Å². The Morgan fingerprint density at radius 2 is 2.17 bits per heavy atom. The molecule has 3 aromatic rings. The molecule has 0 aliphatic carbocycles. The lowest BCUT2D eigenvalue weighted by Gasteiger charge is -2.23. The largest absolute Gasteiger partial charge is 0.437 e. The zero-order valence-corrected chi connectivity index (χ0v) is 16.2. The van der Waals surface area contributed by atoms with Crippen LogP contribution in [0.25, 0.3) is 11.2 Å². The summed E-state index contributed by atoms with van der Waals surface area (Å²) in [6, 6.07) is 6.80. The molecular formula is C20H22N6O3. The van der Waals surface area contributed by atoms with Gasteiger partial charge in [-0.15, -0.1) is 0 Å². The van der Waals surface area contributed by atoms with Gasteiger partial charge in [-0.2, -0.15) is 0 Å². The Balaban J connectivity index is 1.85. The van der Waals surface area contributed by atoms with Crippen molar-refractivity contribution in [1.29, 1.82) is 0 Å². The molecule has 0 bridgehead atoms. The van der Waals surface area contributed by atoms with Crippen molar-refractivity contribution in [3.8, 4) is 11.6 Å². The molecule has 5 N–H and O–H groups in total. The molecule has 9 nitrogen and oxygen atoms in total. The van der Waals surface area contributed by atoms with Crippen molar-refractivity contribution in [3.05, 3.63) is 54.9 Å². The highest BCUT2D eigenvalue weighted by Gasteiger charge is 2.22. The number of nitrogens with two attached hydrogens (primary N) is 1. The number of fused-ring (bicyclic) bond motifs is 1. The lowest BCUT2D eigenvalue weighted by molar-refractivity contribution is -0.111. The fourth-order valence-corrected chi connectivity index (χ4v) is 2.47. The molecule has 0 fully saturated rings. The molecule has 2 amide bonds. The van der Waals surface area contributed by atoms with E-state index in [1.807, 2.05) is 13.8 Å². The third-order valence-corrected chi connectivity index (χ3v) is 4.07. The highest BCUT2D eigenvalue weighted by Crippen LogP contribution is 2.25. The Labute approximate surface area is 167 Å². The number of aromatic amines is 1. The maximum Gasteiger partial charge on any atom is 0.255 e. The summed E-state index contributed by atoms with van der Waals surface area (Å²) in [6.45, 7) is 7.37. The molecule has 2 aromatic heterocycles. The summed E-state index contributed by atoms with van der Waals surface area (Å²) in [6.07, 6.45) is 4.17. The summed E-state index contributed by atoms with van der Waals surface area (Å²) in [7, 11) is 0. The minimum Gasteiger partial charge on any atom is -0.437 e. The molecule has 2 heterocycles. The van der Waals surface area contributed by atoms with Gasteiger partial charge in [0.1, 0.15) is 11.3 Å². The number of carbonyl (C=O) groups is 2. The van der Waals surface area contributed by atoms with E-state index in [9.17, 15) is 9.59 Å². The predicted molar refractivity (Wildman–Crippen MR) is 110 cm³/mol. The Kier molecular flexibility index (Phi) is 5.60. The van der Waals surface area contributed by atoms with Gasteiger partial charge in [0.05, 0.1) is 11.8 Å². The number of ether oxygens (including phenoxy) is 1. The number of anilines is 1. The van der Waals surface area contributed by atoms with Crippen LogP contribution in [-0.4, -0.2) is 38.8 Å². The molecule has 0 aliphatic rings. The smallest absolute Gasteiger partial charge is 0.255 e. The first-order chi connectivity index (χ1) is 13.8. The number of H-pyrrole nitrogens is 1. The Morgan fingerprint density at radius 1 is 1.38 bits per heavy atom. The van der Waals surface area contributed by atoms with E-state index in [0.717, 1.165) is 0 Å². The van der Waals surface area contributed by atoms with Gasteiger partial charge in [0.15, 0.2) is 5.65 Å². The molecule has 0 atom stereocenters. The van der Waals surface area contributed by atoms with E-state index >= 15 is 0 Å². The fourth-order valence-electron chi connectivity index (χ4n) is 2.47. The molecule has 0 saturated heterocycles. The summed E-state index contributed by atoms with van der Waals surface area (Å²) < 4.78 is 5.75. The predicted octanol–water partition coefficient (Wildman–Crippen LogP) is 2.34. The molecule has 0 saturated carbocycles. The monoisotopic (exact) mass is 394 g/mol. The number of rotatable bonds is 7. The van der Waals surface area contributed by atoms with Crippen LogP contribution in [0.4, 0.5) is 5.69 Å². The van der Waals surface area contributed by atoms with Crippen LogP contribution < -0.4 is 21.1 Å². The third-order valence-electron chi connectivity index (χ3n) is 4.07. The second-order valence-corrected chi connectivity index (χ2v) is 6.97. The molecule has 0 unspecified atom stereocenters. The van der Waals surface area contributed by atoms with Crippen LogP contribution in [0.5, 0.6) is 11.6 Å². The van der Waals surface area contributed by atoms with Crippen LogP contribution in [0.2, 0.25) is 0 Å². The number of nitrogens with one attached hydrogen (secondary N) is 3. The average Bonchev–Trinajstić information content (AvgIpc) is 3.11. The normalized spacial score (nSPS) is 11.1. The second-order valence-electron chi connectivity index (χ2n) is 6.97. The van der Waals surface area contributed by atoms with Gasteiger partial charge in [0.2, 0.25) is 11.8 Å². The standard InChI is InChI=1S/C20H22N6O3/c1-4-15(27)24-12-6-5-7-13(8-12)29-16-10-23-18-17(25-16)14(9-22-18)19(28)26-20(2,3)11-21/h4-10H,1,11,21H2,2-3H3,(H,22,23)(H,24,27)(H,26,28). The summed E-state index contributed by atoms with van der Waals surface area (Å²) in [4.78, 5) is 35.6. The number of benzene rings is 1. The lowest BCUT2D eigenvalue weighted by atomic mass is 10.1. The van der Waals surface area contributed by atoms with Crippen LogP contribution in [0.1, 0.15) is 24.2 Å². The summed E-state index contributed by atoms with van der Waals surface area (Å²) >= 11 is 0. The van der Waals surface area contributed by atoms with Gasteiger partial charge < -0.3 is 26.1 Å². The van der Waals surface area contributed by atoms with E-state index in [4.69, 9.17) is 10.5 Å².